The molecule has 0 aliphatic rings. The van der Waals surface area contributed by atoms with Crippen LogP contribution in [0, 0.1) is 11.8 Å². The molecule has 6 nitrogen and oxygen atoms in total. The monoisotopic (exact) mass is 657 g/mol. The first-order valence-corrected chi connectivity index (χ1v) is 19.1. The molecule has 6 N–H and O–H groups in total. The minimum absolute atomic E-state index is 0.777. The van der Waals surface area contributed by atoms with Crippen molar-refractivity contribution in [2.45, 2.75) is 79.3 Å². The van der Waals surface area contributed by atoms with E-state index in [9.17, 15) is 0 Å². The lowest BCUT2D eigenvalue weighted by Crippen LogP contribution is -2.27. The highest BCUT2D eigenvalue weighted by Gasteiger charge is 2.04. The number of benzene rings is 3. The Morgan fingerprint density at radius 3 is 1.15 bits per heavy atom. The zero-order valence-electron chi connectivity index (χ0n) is 30.8. The van der Waals surface area contributed by atoms with E-state index in [1.54, 1.807) is 0 Å². The molecule has 0 aliphatic carbocycles. The maximum atomic E-state index is 3.60. The highest BCUT2D eigenvalue weighted by molar-refractivity contribution is 5.73. The van der Waals surface area contributed by atoms with E-state index in [4.69, 9.17) is 0 Å². The smallest absolute Gasteiger partial charge is 0.0205 e. The molecule has 0 saturated heterocycles. The fourth-order valence-corrected chi connectivity index (χ4v) is 5.56. The van der Waals surface area contributed by atoms with E-state index in [1.807, 2.05) is 0 Å². The summed E-state index contributed by atoms with van der Waals surface area (Å²) in [5.74, 6) is 1.55. The molecule has 0 heterocycles. The van der Waals surface area contributed by atoms with Gasteiger partial charge in [0.1, 0.15) is 0 Å². The average molecular weight is 657 g/mol. The summed E-state index contributed by atoms with van der Waals surface area (Å²) in [6, 6.07) is 26.9. The van der Waals surface area contributed by atoms with Gasteiger partial charge in [-0.3, -0.25) is 0 Å². The third kappa shape index (κ3) is 17.2. The molecule has 0 bridgehead atoms. The van der Waals surface area contributed by atoms with Crippen molar-refractivity contribution in [1.29, 1.82) is 0 Å². The normalized spacial score (nSPS) is 12.8. The highest BCUT2D eigenvalue weighted by atomic mass is 14.9. The van der Waals surface area contributed by atoms with Crippen molar-refractivity contribution in [2.75, 3.05) is 65.4 Å². The molecular formula is C42H68N6. The van der Waals surface area contributed by atoms with Crippen molar-refractivity contribution in [2.24, 2.45) is 11.8 Å². The van der Waals surface area contributed by atoms with Crippen LogP contribution in [-0.4, -0.2) is 65.4 Å². The van der Waals surface area contributed by atoms with E-state index in [2.05, 4.69) is 132 Å². The predicted molar refractivity (Wildman–Crippen MR) is 210 cm³/mol. The van der Waals surface area contributed by atoms with Gasteiger partial charge in [-0.25, -0.2) is 0 Å². The summed E-state index contributed by atoms with van der Waals surface area (Å²) < 4.78 is 0. The number of nitrogens with one attached hydrogen (secondary N) is 6. The van der Waals surface area contributed by atoms with Gasteiger partial charge in [0.15, 0.2) is 0 Å². The molecule has 0 fully saturated rings. The average Bonchev–Trinajstić information content (AvgIpc) is 3.13. The van der Waals surface area contributed by atoms with Gasteiger partial charge in [-0.1, -0.05) is 107 Å². The number of rotatable bonds is 28. The summed E-state index contributed by atoms with van der Waals surface area (Å²) in [4.78, 5) is 0. The lowest BCUT2D eigenvalue weighted by atomic mass is 9.98. The van der Waals surface area contributed by atoms with Crippen molar-refractivity contribution in [3.8, 4) is 22.3 Å². The van der Waals surface area contributed by atoms with Gasteiger partial charge < -0.3 is 31.9 Å². The van der Waals surface area contributed by atoms with Gasteiger partial charge in [0.05, 0.1) is 0 Å². The summed E-state index contributed by atoms with van der Waals surface area (Å²) in [5, 5.41) is 21.4. The van der Waals surface area contributed by atoms with Gasteiger partial charge in [-0.05, 0) is 142 Å². The van der Waals surface area contributed by atoms with Crippen LogP contribution in [0.2, 0.25) is 0 Å². The van der Waals surface area contributed by atoms with Crippen LogP contribution in [0.1, 0.15) is 77.3 Å². The Morgan fingerprint density at radius 1 is 0.417 bits per heavy atom. The second kappa shape index (κ2) is 25.4. The summed E-state index contributed by atoms with van der Waals surface area (Å²) in [5.41, 5.74) is 7.70. The van der Waals surface area contributed by atoms with E-state index < -0.39 is 0 Å². The van der Waals surface area contributed by atoms with Crippen LogP contribution < -0.4 is 31.9 Å². The lowest BCUT2D eigenvalue weighted by Gasteiger charge is -2.11. The van der Waals surface area contributed by atoms with Crippen molar-refractivity contribution in [3.63, 3.8) is 0 Å². The molecule has 48 heavy (non-hydrogen) atoms. The highest BCUT2D eigenvalue weighted by Crippen LogP contribution is 2.27. The molecule has 0 spiro atoms. The minimum Gasteiger partial charge on any atom is -0.317 e. The first-order chi connectivity index (χ1) is 23.6. The molecule has 3 aromatic rings. The first kappa shape index (κ1) is 39.9. The number of hydrogen-bond donors (Lipinski definition) is 6. The molecule has 0 aromatic heterocycles. The third-order valence-electron chi connectivity index (χ3n) is 9.30. The van der Waals surface area contributed by atoms with Crippen LogP contribution in [0.3, 0.4) is 0 Å². The van der Waals surface area contributed by atoms with Gasteiger partial charge >= 0.3 is 0 Å². The number of hydrogen-bond acceptors (Lipinski definition) is 6. The van der Waals surface area contributed by atoms with Crippen molar-refractivity contribution in [1.82, 2.24) is 31.9 Å². The quantitative estimate of drug-likeness (QED) is 0.0465. The van der Waals surface area contributed by atoms with Crippen LogP contribution in [0.5, 0.6) is 0 Å². The van der Waals surface area contributed by atoms with Gasteiger partial charge in [-0.15, -0.1) is 0 Å². The van der Waals surface area contributed by atoms with E-state index in [0.717, 1.165) is 103 Å². The second-order valence-electron chi connectivity index (χ2n) is 13.7. The molecule has 2 atom stereocenters. The van der Waals surface area contributed by atoms with E-state index in [1.165, 1.54) is 59.1 Å². The van der Waals surface area contributed by atoms with Gasteiger partial charge in [0.2, 0.25) is 0 Å². The van der Waals surface area contributed by atoms with Crippen LogP contribution in [0.25, 0.3) is 22.3 Å². The zero-order valence-corrected chi connectivity index (χ0v) is 30.8. The van der Waals surface area contributed by atoms with Crippen molar-refractivity contribution >= 4 is 0 Å². The summed E-state index contributed by atoms with van der Waals surface area (Å²) >= 11 is 0. The van der Waals surface area contributed by atoms with Crippen LogP contribution in [0.15, 0.2) is 72.8 Å². The van der Waals surface area contributed by atoms with Gasteiger partial charge in [0, 0.05) is 13.1 Å². The van der Waals surface area contributed by atoms with E-state index in [-0.39, 0.29) is 0 Å². The van der Waals surface area contributed by atoms with Crippen molar-refractivity contribution < 1.29 is 0 Å². The van der Waals surface area contributed by atoms with E-state index in [0.29, 0.717) is 0 Å². The molecule has 6 heteroatoms. The zero-order chi connectivity index (χ0) is 34.1. The molecule has 0 radical (unpaired) electrons. The fourth-order valence-electron chi connectivity index (χ4n) is 5.56. The predicted octanol–water partition coefficient (Wildman–Crippen LogP) is 7.21. The Kier molecular flexibility index (Phi) is 21.1. The molecule has 2 unspecified atom stereocenters. The molecule has 266 valence electrons. The Balaban J connectivity index is 1.27. The summed E-state index contributed by atoms with van der Waals surface area (Å²) in [6.07, 6.45) is 7.19. The lowest BCUT2D eigenvalue weighted by molar-refractivity contribution is 0.488. The SMILES string of the molecule is CCC(C)CNCCCNCCCNCc1ccc(-c2cccc(-c3ccc(CNCCCNCCCNCC(C)CC)cc3)c2)cc1. The largest absolute Gasteiger partial charge is 0.317 e. The fraction of sp³-hybridized carbons (Fsp3) is 0.571. The Morgan fingerprint density at radius 2 is 0.771 bits per heavy atom. The molecule has 0 aliphatic heterocycles. The van der Waals surface area contributed by atoms with Crippen LogP contribution >= 0.6 is 0 Å². The molecule has 3 rings (SSSR count). The van der Waals surface area contributed by atoms with Crippen LogP contribution in [0.4, 0.5) is 0 Å². The topological polar surface area (TPSA) is 72.2 Å². The second-order valence-corrected chi connectivity index (χ2v) is 13.7. The summed E-state index contributed by atoms with van der Waals surface area (Å²) in [6.45, 7) is 21.8. The van der Waals surface area contributed by atoms with E-state index >= 15 is 0 Å². The van der Waals surface area contributed by atoms with Gasteiger partial charge in [0.25, 0.3) is 0 Å². The van der Waals surface area contributed by atoms with Crippen LogP contribution in [-0.2, 0) is 13.1 Å². The Hall–Kier alpha value is -2.58. The molecule has 0 amide bonds. The molecule has 3 aromatic carbocycles. The van der Waals surface area contributed by atoms with Gasteiger partial charge in [-0.2, -0.15) is 0 Å². The third-order valence-corrected chi connectivity index (χ3v) is 9.30. The standard InChI is InChI=1S/C42H68N6/c1-5-35(3)31-45-26-8-22-43-24-10-28-47-33-37-14-18-39(19-15-37)41-12-7-13-42(30-41)40-20-16-38(17-21-40)34-48-29-11-25-44-23-9-27-46-32-36(4)6-2/h7,12-21,30,35-36,43-48H,5-6,8-11,22-29,31-34H2,1-4H3. The maximum Gasteiger partial charge on any atom is 0.0205 e. The molecular weight excluding hydrogens is 589 g/mol. The summed E-state index contributed by atoms with van der Waals surface area (Å²) in [7, 11) is 0. The first-order valence-electron chi connectivity index (χ1n) is 19.1. The minimum atomic E-state index is 0.777. The maximum absolute atomic E-state index is 3.60. The Labute approximate surface area is 294 Å². The molecule has 0 saturated carbocycles. The van der Waals surface area contributed by atoms with Crippen molar-refractivity contribution in [3.05, 3.63) is 83.9 Å². The Bertz CT molecular complexity index is 1100.